The molecule has 2 rings (SSSR count). The van der Waals surface area contributed by atoms with Gasteiger partial charge in [-0.1, -0.05) is 19.9 Å². The van der Waals surface area contributed by atoms with Gasteiger partial charge in [0.15, 0.2) is 0 Å². The Hall–Kier alpha value is -2.43. The van der Waals surface area contributed by atoms with E-state index in [1.54, 1.807) is 0 Å². The van der Waals surface area contributed by atoms with Gasteiger partial charge < -0.3 is 10.6 Å². The summed E-state index contributed by atoms with van der Waals surface area (Å²) >= 11 is 0. The predicted molar refractivity (Wildman–Crippen MR) is 80.0 cm³/mol. The number of carbonyl (C=O) groups is 1. The molecule has 104 valence electrons. The molecule has 1 aromatic carbocycles. The monoisotopic (exact) mass is 270 g/mol. The van der Waals surface area contributed by atoms with Crippen LogP contribution in [-0.2, 0) is 4.79 Å². The van der Waals surface area contributed by atoms with Gasteiger partial charge in [0.2, 0.25) is 5.91 Å². The molecular weight excluding hydrogens is 252 g/mol. The zero-order valence-corrected chi connectivity index (χ0v) is 11.8. The van der Waals surface area contributed by atoms with Crippen LogP contribution in [0.3, 0.4) is 0 Å². The molecule has 0 bridgehead atoms. The number of carbonyl (C=O) groups excluding carboxylic acids is 1. The van der Waals surface area contributed by atoms with Crippen LogP contribution >= 0.6 is 0 Å². The van der Waals surface area contributed by atoms with Crippen molar-refractivity contribution in [1.29, 1.82) is 0 Å². The Kier molecular flexibility index (Phi) is 4.30. The van der Waals surface area contributed by atoms with Gasteiger partial charge in [0.25, 0.3) is 0 Å². The van der Waals surface area contributed by atoms with E-state index in [0.29, 0.717) is 0 Å². The van der Waals surface area contributed by atoms with Crippen LogP contribution in [0.15, 0.2) is 36.7 Å². The maximum absolute atomic E-state index is 11.7. The van der Waals surface area contributed by atoms with Gasteiger partial charge in [-0.05, 0) is 25.1 Å². The molecule has 2 N–H and O–H groups in total. The van der Waals surface area contributed by atoms with Crippen molar-refractivity contribution in [3.05, 3.63) is 42.4 Å². The number of nitrogens with one attached hydrogen (secondary N) is 2. The van der Waals surface area contributed by atoms with Crippen molar-refractivity contribution in [3.63, 3.8) is 0 Å². The number of amides is 1. The third-order valence-corrected chi connectivity index (χ3v) is 2.73. The highest BCUT2D eigenvalue weighted by molar-refractivity contribution is 5.92. The van der Waals surface area contributed by atoms with Crippen molar-refractivity contribution in [2.24, 2.45) is 5.92 Å². The number of aryl methyl sites for hydroxylation is 1. The summed E-state index contributed by atoms with van der Waals surface area (Å²) in [6.07, 6.45) is 1.52. The lowest BCUT2D eigenvalue weighted by atomic mass is 10.2. The molecule has 0 spiro atoms. The number of benzene rings is 1. The van der Waals surface area contributed by atoms with Crippen LogP contribution in [0.4, 0.5) is 17.2 Å². The van der Waals surface area contributed by atoms with Crippen molar-refractivity contribution in [2.75, 3.05) is 10.6 Å². The number of nitrogens with zero attached hydrogens (tertiary/aromatic N) is 2. The Morgan fingerprint density at radius 1 is 1.15 bits per heavy atom. The summed E-state index contributed by atoms with van der Waals surface area (Å²) in [7, 11) is 0. The van der Waals surface area contributed by atoms with Crippen molar-refractivity contribution in [1.82, 2.24) is 9.97 Å². The Bertz CT molecular complexity index is 610. The molecule has 5 nitrogen and oxygen atoms in total. The lowest BCUT2D eigenvalue weighted by Gasteiger charge is -2.10. The molecule has 0 aliphatic rings. The minimum atomic E-state index is -0.0453. The van der Waals surface area contributed by atoms with Gasteiger partial charge in [0, 0.05) is 29.1 Å². The van der Waals surface area contributed by atoms with Crippen LogP contribution in [0.25, 0.3) is 0 Å². The van der Waals surface area contributed by atoms with E-state index in [1.165, 1.54) is 6.33 Å². The molecule has 0 unspecified atom stereocenters. The topological polar surface area (TPSA) is 66.9 Å². The van der Waals surface area contributed by atoms with Gasteiger partial charge in [0.1, 0.15) is 12.1 Å². The third kappa shape index (κ3) is 3.78. The van der Waals surface area contributed by atoms with Gasteiger partial charge in [-0.15, -0.1) is 0 Å². The Morgan fingerprint density at radius 3 is 2.60 bits per heavy atom. The minimum Gasteiger partial charge on any atom is -0.340 e. The molecular formula is C15H18N4O. The first-order valence-electron chi connectivity index (χ1n) is 6.51. The molecule has 0 fully saturated rings. The maximum Gasteiger partial charge on any atom is 0.226 e. The Labute approximate surface area is 118 Å². The molecule has 0 aliphatic carbocycles. The molecule has 0 atom stereocenters. The highest BCUT2D eigenvalue weighted by atomic mass is 16.1. The van der Waals surface area contributed by atoms with E-state index in [1.807, 2.05) is 51.1 Å². The molecule has 1 aromatic heterocycles. The average molecular weight is 270 g/mol. The van der Waals surface area contributed by atoms with Crippen molar-refractivity contribution in [3.8, 4) is 0 Å². The summed E-state index contributed by atoms with van der Waals surface area (Å²) in [5.41, 5.74) is 2.52. The maximum atomic E-state index is 11.7. The molecule has 20 heavy (non-hydrogen) atoms. The first kappa shape index (κ1) is 14.0. The van der Waals surface area contributed by atoms with Gasteiger partial charge in [-0.25, -0.2) is 9.97 Å². The standard InChI is InChI=1S/C15H18N4O/c1-10(2)15(20)19-13-6-4-5-12(8-13)18-14-7-11(3)16-9-17-14/h4-10H,1-3H3,(H,19,20)(H,16,17,18). The molecule has 0 saturated heterocycles. The highest BCUT2D eigenvalue weighted by Gasteiger charge is 2.07. The van der Waals surface area contributed by atoms with Crippen LogP contribution in [0.1, 0.15) is 19.5 Å². The van der Waals surface area contributed by atoms with E-state index in [-0.39, 0.29) is 11.8 Å². The van der Waals surface area contributed by atoms with E-state index in [9.17, 15) is 4.79 Å². The van der Waals surface area contributed by atoms with Gasteiger partial charge >= 0.3 is 0 Å². The second-order valence-corrected chi connectivity index (χ2v) is 4.89. The smallest absolute Gasteiger partial charge is 0.226 e. The molecule has 0 aliphatic heterocycles. The third-order valence-electron chi connectivity index (χ3n) is 2.73. The van der Waals surface area contributed by atoms with Crippen LogP contribution in [0.2, 0.25) is 0 Å². The molecule has 0 saturated carbocycles. The quantitative estimate of drug-likeness (QED) is 0.895. The highest BCUT2D eigenvalue weighted by Crippen LogP contribution is 2.19. The molecule has 0 radical (unpaired) electrons. The van der Waals surface area contributed by atoms with Gasteiger partial charge in [-0.2, -0.15) is 0 Å². The van der Waals surface area contributed by atoms with Crippen molar-refractivity contribution >= 4 is 23.1 Å². The van der Waals surface area contributed by atoms with Crippen molar-refractivity contribution < 1.29 is 4.79 Å². The zero-order chi connectivity index (χ0) is 14.5. The fourth-order valence-electron chi connectivity index (χ4n) is 1.63. The minimum absolute atomic E-state index is 0.0000283. The molecule has 5 heteroatoms. The largest absolute Gasteiger partial charge is 0.340 e. The summed E-state index contributed by atoms with van der Waals surface area (Å²) in [5, 5.41) is 6.05. The normalized spacial score (nSPS) is 10.4. The summed E-state index contributed by atoms with van der Waals surface area (Å²) in [4.78, 5) is 19.9. The zero-order valence-electron chi connectivity index (χ0n) is 11.8. The van der Waals surface area contributed by atoms with E-state index in [4.69, 9.17) is 0 Å². The first-order chi connectivity index (χ1) is 9.54. The molecule has 1 heterocycles. The number of anilines is 3. The fourth-order valence-corrected chi connectivity index (χ4v) is 1.63. The van der Waals surface area contributed by atoms with E-state index in [0.717, 1.165) is 22.9 Å². The first-order valence-corrected chi connectivity index (χ1v) is 6.51. The van der Waals surface area contributed by atoms with Crippen molar-refractivity contribution in [2.45, 2.75) is 20.8 Å². The summed E-state index contributed by atoms with van der Waals surface area (Å²) in [6, 6.07) is 9.39. The lowest BCUT2D eigenvalue weighted by Crippen LogP contribution is -2.17. The van der Waals surface area contributed by atoms with E-state index < -0.39 is 0 Å². The lowest BCUT2D eigenvalue weighted by molar-refractivity contribution is -0.118. The van der Waals surface area contributed by atoms with E-state index in [2.05, 4.69) is 20.6 Å². The number of rotatable bonds is 4. The van der Waals surface area contributed by atoms with E-state index >= 15 is 0 Å². The number of hydrogen-bond donors (Lipinski definition) is 2. The van der Waals surface area contributed by atoms with Crippen LogP contribution < -0.4 is 10.6 Å². The number of hydrogen-bond acceptors (Lipinski definition) is 4. The van der Waals surface area contributed by atoms with Gasteiger partial charge in [-0.3, -0.25) is 4.79 Å². The van der Waals surface area contributed by atoms with Crippen LogP contribution in [-0.4, -0.2) is 15.9 Å². The van der Waals surface area contributed by atoms with Crippen LogP contribution in [0.5, 0.6) is 0 Å². The second-order valence-electron chi connectivity index (χ2n) is 4.89. The summed E-state index contributed by atoms with van der Waals surface area (Å²) in [5.74, 6) is 0.681. The summed E-state index contributed by atoms with van der Waals surface area (Å²) in [6.45, 7) is 5.63. The van der Waals surface area contributed by atoms with Gasteiger partial charge in [0.05, 0.1) is 0 Å². The Balaban J connectivity index is 2.12. The predicted octanol–water partition coefficient (Wildman–Crippen LogP) is 3.12. The second kappa shape index (κ2) is 6.14. The SMILES string of the molecule is Cc1cc(Nc2cccc(NC(=O)C(C)C)c2)ncn1. The number of aromatic nitrogens is 2. The fraction of sp³-hybridized carbons (Fsp3) is 0.267. The molecule has 2 aromatic rings. The van der Waals surface area contributed by atoms with Crippen LogP contribution in [0, 0.1) is 12.8 Å². The Morgan fingerprint density at radius 2 is 1.90 bits per heavy atom. The summed E-state index contributed by atoms with van der Waals surface area (Å²) < 4.78 is 0. The average Bonchev–Trinajstić information content (AvgIpc) is 2.39. The molecule has 1 amide bonds.